The fraction of sp³-hybridized carbons (Fsp3) is 0.238. The third-order valence-electron chi connectivity index (χ3n) is 4.51. The van der Waals surface area contributed by atoms with Gasteiger partial charge in [-0.1, -0.05) is 23.8 Å². The third kappa shape index (κ3) is 5.45. The van der Waals surface area contributed by atoms with Gasteiger partial charge in [-0.2, -0.15) is 0 Å². The molecule has 0 atom stereocenters. The molecule has 0 aliphatic rings. The molecule has 1 heterocycles. The van der Waals surface area contributed by atoms with Crippen molar-refractivity contribution in [3.63, 3.8) is 0 Å². The number of benzene rings is 2. The van der Waals surface area contributed by atoms with Crippen LogP contribution in [0.3, 0.4) is 0 Å². The number of anilines is 1. The number of amides is 1. The Morgan fingerprint density at radius 3 is 2.55 bits per heavy atom. The molecule has 0 fully saturated rings. The smallest absolute Gasteiger partial charge is 0.261 e. The second-order valence-corrected chi connectivity index (χ2v) is 8.54. The van der Waals surface area contributed by atoms with Crippen LogP contribution in [-0.2, 0) is 16.6 Å². The predicted octanol–water partition coefficient (Wildman–Crippen LogP) is 3.12. The number of carbonyl (C=O) groups is 1. The van der Waals surface area contributed by atoms with Crippen molar-refractivity contribution in [3.05, 3.63) is 77.9 Å². The molecule has 0 radical (unpaired) electrons. The van der Waals surface area contributed by atoms with E-state index in [2.05, 4.69) is 15.0 Å². The van der Waals surface area contributed by atoms with Gasteiger partial charge in [0.15, 0.2) is 0 Å². The Kier molecular flexibility index (Phi) is 6.33. The fourth-order valence-electron chi connectivity index (χ4n) is 2.83. The van der Waals surface area contributed by atoms with E-state index < -0.39 is 10.0 Å². The molecule has 0 aliphatic heterocycles. The lowest BCUT2D eigenvalue weighted by Gasteiger charge is -2.12. The summed E-state index contributed by atoms with van der Waals surface area (Å²) in [6.45, 7) is 4.94. The SMILES string of the molecule is Cc1ccc(NS(=O)(=O)c2ccc(C)c(C(=O)NCCCn3ccnc3)c2)cc1. The molecule has 1 amide bonds. The Hall–Kier alpha value is -3.13. The van der Waals surface area contributed by atoms with Crippen LogP contribution in [0, 0.1) is 13.8 Å². The van der Waals surface area contributed by atoms with E-state index in [4.69, 9.17) is 0 Å². The first-order valence-corrected chi connectivity index (χ1v) is 10.8. The van der Waals surface area contributed by atoms with E-state index >= 15 is 0 Å². The van der Waals surface area contributed by atoms with Gasteiger partial charge in [0, 0.05) is 36.7 Å². The monoisotopic (exact) mass is 412 g/mol. The number of sulfonamides is 1. The van der Waals surface area contributed by atoms with Gasteiger partial charge >= 0.3 is 0 Å². The molecule has 0 unspecified atom stereocenters. The van der Waals surface area contributed by atoms with E-state index in [-0.39, 0.29) is 10.8 Å². The maximum Gasteiger partial charge on any atom is 0.261 e. The third-order valence-corrected chi connectivity index (χ3v) is 5.88. The number of hydrogen-bond donors (Lipinski definition) is 2. The molecule has 2 aromatic carbocycles. The Labute approximate surface area is 170 Å². The van der Waals surface area contributed by atoms with E-state index in [0.29, 0.717) is 23.4 Å². The number of imidazole rings is 1. The zero-order chi connectivity index (χ0) is 20.9. The number of aryl methyl sites for hydroxylation is 3. The minimum atomic E-state index is -3.79. The Morgan fingerprint density at radius 1 is 1.10 bits per heavy atom. The standard InChI is InChI=1S/C21H24N4O3S/c1-16-4-7-18(8-5-16)24-29(27,28)19-9-6-17(2)20(14-19)21(26)23-10-3-12-25-13-11-22-15-25/h4-9,11,13-15,24H,3,10,12H2,1-2H3,(H,23,26). The van der Waals surface area contributed by atoms with Crippen molar-refractivity contribution in [2.75, 3.05) is 11.3 Å². The summed E-state index contributed by atoms with van der Waals surface area (Å²) in [6.07, 6.45) is 6.04. The van der Waals surface area contributed by atoms with Gasteiger partial charge in [0.05, 0.1) is 11.2 Å². The summed E-state index contributed by atoms with van der Waals surface area (Å²) in [6, 6.07) is 11.6. The summed E-state index contributed by atoms with van der Waals surface area (Å²) in [5.74, 6) is -0.291. The molecule has 0 saturated carbocycles. The number of nitrogens with zero attached hydrogens (tertiary/aromatic N) is 2. The van der Waals surface area contributed by atoms with Crippen molar-refractivity contribution < 1.29 is 13.2 Å². The topological polar surface area (TPSA) is 93.1 Å². The van der Waals surface area contributed by atoms with Crippen LogP contribution < -0.4 is 10.0 Å². The van der Waals surface area contributed by atoms with Crippen LogP contribution in [0.25, 0.3) is 0 Å². The summed E-state index contributed by atoms with van der Waals surface area (Å²) in [5, 5.41) is 2.85. The molecule has 8 heteroatoms. The lowest BCUT2D eigenvalue weighted by atomic mass is 10.1. The number of rotatable bonds is 8. The fourth-order valence-corrected chi connectivity index (χ4v) is 3.91. The van der Waals surface area contributed by atoms with Gasteiger partial charge in [-0.25, -0.2) is 13.4 Å². The molecule has 3 rings (SSSR count). The first-order valence-electron chi connectivity index (χ1n) is 9.29. The molecule has 3 aromatic rings. The van der Waals surface area contributed by atoms with Crippen molar-refractivity contribution in [3.8, 4) is 0 Å². The molecule has 7 nitrogen and oxygen atoms in total. The molecule has 2 N–H and O–H groups in total. The maximum absolute atomic E-state index is 12.7. The molecule has 29 heavy (non-hydrogen) atoms. The quantitative estimate of drug-likeness (QED) is 0.556. The lowest BCUT2D eigenvalue weighted by Crippen LogP contribution is -2.26. The maximum atomic E-state index is 12.7. The molecular weight excluding hydrogens is 388 g/mol. The number of nitrogens with one attached hydrogen (secondary N) is 2. The van der Waals surface area contributed by atoms with Crippen molar-refractivity contribution >= 4 is 21.6 Å². The number of carbonyl (C=O) groups excluding carboxylic acids is 1. The van der Waals surface area contributed by atoms with Crippen LogP contribution in [0.15, 0.2) is 66.1 Å². The highest BCUT2D eigenvalue weighted by Crippen LogP contribution is 2.19. The molecule has 0 spiro atoms. The summed E-state index contributed by atoms with van der Waals surface area (Å²) >= 11 is 0. The Morgan fingerprint density at radius 2 is 1.86 bits per heavy atom. The Balaban J connectivity index is 1.67. The van der Waals surface area contributed by atoms with Crippen LogP contribution in [0.4, 0.5) is 5.69 Å². The van der Waals surface area contributed by atoms with Crippen molar-refractivity contribution in [1.29, 1.82) is 0 Å². The number of aromatic nitrogens is 2. The van der Waals surface area contributed by atoms with Crippen LogP contribution in [0.2, 0.25) is 0 Å². The zero-order valence-electron chi connectivity index (χ0n) is 16.4. The molecule has 152 valence electrons. The van der Waals surface area contributed by atoms with Crippen molar-refractivity contribution in [2.24, 2.45) is 0 Å². The first kappa shape index (κ1) is 20.6. The summed E-state index contributed by atoms with van der Waals surface area (Å²) in [4.78, 5) is 16.6. The summed E-state index contributed by atoms with van der Waals surface area (Å²) in [7, 11) is -3.79. The van der Waals surface area contributed by atoms with Crippen LogP contribution >= 0.6 is 0 Å². The minimum Gasteiger partial charge on any atom is -0.352 e. The first-order chi connectivity index (χ1) is 13.8. The second-order valence-electron chi connectivity index (χ2n) is 6.86. The van der Waals surface area contributed by atoms with Gasteiger partial charge in [-0.15, -0.1) is 0 Å². The van der Waals surface area contributed by atoms with Gasteiger partial charge < -0.3 is 9.88 Å². The van der Waals surface area contributed by atoms with Crippen molar-refractivity contribution in [2.45, 2.75) is 31.7 Å². The van der Waals surface area contributed by atoms with E-state index in [1.165, 1.54) is 12.1 Å². The van der Waals surface area contributed by atoms with E-state index in [0.717, 1.165) is 18.5 Å². The van der Waals surface area contributed by atoms with Crippen LogP contribution in [0.5, 0.6) is 0 Å². The molecular formula is C21H24N4O3S. The average Bonchev–Trinajstić information content (AvgIpc) is 3.20. The van der Waals surface area contributed by atoms with Crippen molar-refractivity contribution in [1.82, 2.24) is 14.9 Å². The highest BCUT2D eigenvalue weighted by molar-refractivity contribution is 7.92. The van der Waals surface area contributed by atoms with E-state index in [1.54, 1.807) is 37.6 Å². The van der Waals surface area contributed by atoms with Gasteiger partial charge in [0.1, 0.15) is 0 Å². The summed E-state index contributed by atoms with van der Waals surface area (Å²) < 4.78 is 29.9. The lowest BCUT2D eigenvalue weighted by molar-refractivity contribution is 0.0952. The second kappa shape index (κ2) is 8.91. The molecule has 0 saturated heterocycles. The highest BCUT2D eigenvalue weighted by atomic mass is 32.2. The molecule has 0 bridgehead atoms. The normalized spacial score (nSPS) is 11.2. The predicted molar refractivity (Wildman–Crippen MR) is 112 cm³/mol. The summed E-state index contributed by atoms with van der Waals surface area (Å²) in [5.41, 5.74) is 2.57. The van der Waals surface area contributed by atoms with Gasteiger partial charge in [0.25, 0.3) is 15.9 Å². The van der Waals surface area contributed by atoms with Crippen LogP contribution in [0.1, 0.15) is 27.9 Å². The molecule has 1 aromatic heterocycles. The number of hydrogen-bond acceptors (Lipinski definition) is 4. The highest BCUT2D eigenvalue weighted by Gasteiger charge is 2.18. The Bertz CT molecular complexity index is 1080. The van der Waals surface area contributed by atoms with E-state index in [1.807, 2.05) is 29.8 Å². The van der Waals surface area contributed by atoms with E-state index in [9.17, 15) is 13.2 Å². The van der Waals surface area contributed by atoms with Gasteiger partial charge in [0.2, 0.25) is 0 Å². The van der Waals surface area contributed by atoms with Crippen LogP contribution in [-0.4, -0.2) is 30.4 Å². The zero-order valence-corrected chi connectivity index (χ0v) is 17.2. The molecule has 0 aliphatic carbocycles. The minimum absolute atomic E-state index is 0.0484. The largest absolute Gasteiger partial charge is 0.352 e. The van der Waals surface area contributed by atoms with Gasteiger partial charge in [-0.3, -0.25) is 9.52 Å². The van der Waals surface area contributed by atoms with Gasteiger partial charge in [-0.05, 0) is 50.1 Å². The average molecular weight is 413 g/mol.